The molecule has 0 atom stereocenters. The number of carbonyl (C=O) groups is 1. The average molecular weight is 388 g/mol. The third-order valence-corrected chi connectivity index (χ3v) is 5.43. The lowest BCUT2D eigenvalue weighted by molar-refractivity contribution is -0.137. The van der Waals surface area contributed by atoms with Crippen LogP contribution in [0.15, 0.2) is 60.7 Å². The average Bonchev–Trinajstić information content (AvgIpc) is 2.75. The number of benzene rings is 2. The number of likely N-dealkylation sites (N-methyl/N-ethyl adjacent to an activating group) is 1. The summed E-state index contributed by atoms with van der Waals surface area (Å²) < 4.78 is 0. The molecule has 2 aromatic rings. The zero-order valence-electron chi connectivity index (χ0n) is 17.1. The lowest BCUT2D eigenvalue weighted by Crippen LogP contribution is -2.25. The Balaban J connectivity index is 1.75. The van der Waals surface area contributed by atoms with Crippen molar-refractivity contribution >= 4 is 11.5 Å². The molecule has 3 rings (SSSR count). The highest BCUT2D eigenvalue weighted by molar-refractivity contribution is 5.79. The Kier molecular flexibility index (Phi) is 7.67. The van der Waals surface area contributed by atoms with Gasteiger partial charge in [0.25, 0.3) is 0 Å². The van der Waals surface area contributed by atoms with Crippen LogP contribution in [0, 0.1) is 11.8 Å². The minimum Gasteiger partial charge on any atom is -0.480 e. The molecule has 150 valence electrons. The Morgan fingerprint density at radius 1 is 1.07 bits per heavy atom. The SMILES string of the molecule is CN(CC=C(C#Cc1ccc(C2CCCCC2)cc1)c1ccccc1)CC(=O)O. The van der Waals surface area contributed by atoms with Crippen molar-refractivity contribution in [3.8, 4) is 11.8 Å². The van der Waals surface area contributed by atoms with Crippen molar-refractivity contribution in [1.82, 2.24) is 4.90 Å². The largest absolute Gasteiger partial charge is 0.480 e. The monoisotopic (exact) mass is 387 g/mol. The predicted molar refractivity (Wildman–Crippen MR) is 119 cm³/mol. The molecule has 29 heavy (non-hydrogen) atoms. The number of hydrogen-bond acceptors (Lipinski definition) is 2. The van der Waals surface area contributed by atoms with E-state index < -0.39 is 5.97 Å². The maximum atomic E-state index is 10.9. The number of carboxylic acids is 1. The summed E-state index contributed by atoms with van der Waals surface area (Å²) in [7, 11) is 1.80. The van der Waals surface area contributed by atoms with Gasteiger partial charge in [-0.2, -0.15) is 0 Å². The zero-order chi connectivity index (χ0) is 20.5. The molecule has 1 saturated carbocycles. The molecule has 0 bridgehead atoms. The Morgan fingerprint density at radius 3 is 2.41 bits per heavy atom. The maximum absolute atomic E-state index is 10.9. The fourth-order valence-corrected chi connectivity index (χ4v) is 3.82. The van der Waals surface area contributed by atoms with Gasteiger partial charge in [0.15, 0.2) is 0 Å². The van der Waals surface area contributed by atoms with Crippen LogP contribution in [-0.2, 0) is 4.79 Å². The molecule has 1 aliphatic rings. The van der Waals surface area contributed by atoms with E-state index in [0.29, 0.717) is 12.5 Å². The van der Waals surface area contributed by atoms with E-state index in [-0.39, 0.29) is 6.54 Å². The molecule has 0 saturated heterocycles. The van der Waals surface area contributed by atoms with E-state index >= 15 is 0 Å². The smallest absolute Gasteiger partial charge is 0.317 e. The lowest BCUT2D eigenvalue weighted by atomic mass is 9.84. The minimum atomic E-state index is -0.827. The van der Waals surface area contributed by atoms with Crippen LogP contribution in [0.3, 0.4) is 0 Å². The van der Waals surface area contributed by atoms with E-state index in [4.69, 9.17) is 5.11 Å². The molecular weight excluding hydrogens is 358 g/mol. The molecule has 0 heterocycles. The van der Waals surface area contributed by atoms with Crippen molar-refractivity contribution < 1.29 is 9.90 Å². The summed E-state index contributed by atoms with van der Waals surface area (Å²) in [5, 5.41) is 8.94. The number of rotatable bonds is 6. The Hall–Kier alpha value is -2.83. The second-order valence-corrected chi connectivity index (χ2v) is 7.78. The second kappa shape index (κ2) is 10.6. The number of carboxylic acid groups (broad SMARTS) is 1. The number of nitrogens with zero attached hydrogens (tertiary/aromatic N) is 1. The van der Waals surface area contributed by atoms with Gasteiger partial charge < -0.3 is 5.11 Å². The first-order valence-electron chi connectivity index (χ1n) is 10.4. The minimum absolute atomic E-state index is 0.00856. The summed E-state index contributed by atoms with van der Waals surface area (Å²) in [6.07, 6.45) is 8.66. The van der Waals surface area contributed by atoms with Gasteiger partial charge in [-0.1, -0.05) is 79.6 Å². The van der Waals surface area contributed by atoms with Crippen LogP contribution >= 0.6 is 0 Å². The molecule has 1 fully saturated rings. The van der Waals surface area contributed by atoms with Crippen molar-refractivity contribution in [2.24, 2.45) is 0 Å². The first-order chi connectivity index (χ1) is 14.1. The highest BCUT2D eigenvalue weighted by Crippen LogP contribution is 2.32. The zero-order valence-corrected chi connectivity index (χ0v) is 17.1. The number of aliphatic carboxylic acids is 1. The summed E-state index contributed by atoms with van der Waals surface area (Å²) in [5.74, 6) is 6.46. The molecule has 0 aliphatic heterocycles. The topological polar surface area (TPSA) is 40.5 Å². The van der Waals surface area contributed by atoms with E-state index in [1.54, 1.807) is 11.9 Å². The Morgan fingerprint density at radius 2 is 1.76 bits per heavy atom. The molecule has 0 aromatic heterocycles. The van der Waals surface area contributed by atoms with Crippen molar-refractivity contribution in [2.75, 3.05) is 20.1 Å². The van der Waals surface area contributed by atoms with Gasteiger partial charge in [-0.3, -0.25) is 9.69 Å². The molecule has 1 aliphatic carbocycles. The van der Waals surface area contributed by atoms with Crippen molar-refractivity contribution in [2.45, 2.75) is 38.0 Å². The normalized spacial score (nSPS) is 15.0. The summed E-state index contributed by atoms with van der Waals surface area (Å²) in [4.78, 5) is 12.6. The summed E-state index contributed by atoms with van der Waals surface area (Å²) in [6.45, 7) is 0.542. The predicted octanol–water partition coefficient (Wildman–Crippen LogP) is 5.19. The molecule has 0 amide bonds. The van der Waals surface area contributed by atoms with Gasteiger partial charge in [-0.05, 0) is 49.1 Å². The molecule has 0 spiro atoms. The summed E-state index contributed by atoms with van der Waals surface area (Å²) in [6, 6.07) is 18.7. The van der Waals surface area contributed by atoms with Crippen LogP contribution in [0.5, 0.6) is 0 Å². The van der Waals surface area contributed by atoms with E-state index in [2.05, 4.69) is 36.1 Å². The molecule has 3 nitrogen and oxygen atoms in total. The molecule has 3 heteroatoms. The van der Waals surface area contributed by atoms with Crippen LogP contribution in [0.25, 0.3) is 5.57 Å². The fourth-order valence-electron chi connectivity index (χ4n) is 3.82. The first-order valence-corrected chi connectivity index (χ1v) is 10.4. The van der Waals surface area contributed by atoms with Crippen LogP contribution in [0.2, 0.25) is 0 Å². The lowest BCUT2D eigenvalue weighted by Gasteiger charge is -2.21. The highest BCUT2D eigenvalue weighted by atomic mass is 16.4. The summed E-state index contributed by atoms with van der Waals surface area (Å²) in [5.41, 5.74) is 4.40. The van der Waals surface area contributed by atoms with Gasteiger partial charge in [-0.15, -0.1) is 0 Å². The van der Waals surface area contributed by atoms with Crippen LogP contribution in [0.1, 0.15) is 54.7 Å². The number of hydrogen-bond donors (Lipinski definition) is 1. The van der Waals surface area contributed by atoms with Crippen LogP contribution < -0.4 is 0 Å². The highest BCUT2D eigenvalue weighted by Gasteiger charge is 2.14. The third-order valence-electron chi connectivity index (χ3n) is 5.43. The third kappa shape index (κ3) is 6.62. The first kappa shape index (κ1) is 20.9. The molecule has 0 radical (unpaired) electrons. The van der Waals surface area contributed by atoms with Gasteiger partial charge in [0.2, 0.25) is 0 Å². The van der Waals surface area contributed by atoms with E-state index in [1.165, 1.54) is 37.7 Å². The standard InChI is InChI=1S/C26H29NO2/c1-27(20-26(28)29)19-18-25(23-10-6-3-7-11-23)17-14-21-12-15-24(16-13-21)22-8-4-2-5-9-22/h3,6-7,10-13,15-16,18,22H,2,4-5,8-9,19-20H2,1H3,(H,28,29). The van der Waals surface area contributed by atoms with Gasteiger partial charge in [0, 0.05) is 17.7 Å². The molecule has 0 unspecified atom stereocenters. The Labute approximate surface area is 174 Å². The van der Waals surface area contributed by atoms with Crippen molar-refractivity contribution in [1.29, 1.82) is 0 Å². The molecule has 2 aromatic carbocycles. The molecule has 1 N–H and O–H groups in total. The van der Waals surface area contributed by atoms with Gasteiger partial charge >= 0.3 is 5.97 Å². The Bertz CT molecular complexity index is 882. The number of allylic oxidation sites excluding steroid dienone is 1. The van der Waals surface area contributed by atoms with Crippen molar-refractivity contribution in [3.63, 3.8) is 0 Å². The van der Waals surface area contributed by atoms with Crippen molar-refractivity contribution in [3.05, 3.63) is 77.4 Å². The molecular formula is C26H29NO2. The van der Waals surface area contributed by atoms with E-state index in [1.807, 2.05) is 36.4 Å². The second-order valence-electron chi connectivity index (χ2n) is 7.78. The van der Waals surface area contributed by atoms with E-state index in [9.17, 15) is 4.79 Å². The quantitative estimate of drug-likeness (QED) is 0.694. The summed E-state index contributed by atoms with van der Waals surface area (Å²) >= 11 is 0. The van der Waals surface area contributed by atoms with Gasteiger partial charge in [-0.25, -0.2) is 0 Å². The fraction of sp³-hybridized carbons (Fsp3) is 0.346. The van der Waals surface area contributed by atoms with Gasteiger partial charge in [0.1, 0.15) is 0 Å². The van der Waals surface area contributed by atoms with Crippen LogP contribution in [0.4, 0.5) is 0 Å². The van der Waals surface area contributed by atoms with Gasteiger partial charge in [0.05, 0.1) is 6.54 Å². The maximum Gasteiger partial charge on any atom is 0.317 e. The van der Waals surface area contributed by atoms with E-state index in [0.717, 1.165) is 16.7 Å². The van der Waals surface area contributed by atoms with Crippen LogP contribution in [-0.4, -0.2) is 36.1 Å².